The van der Waals surface area contributed by atoms with Crippen molar-refractivity contribution in [1.82, 2.24) is 9.97 Å². The van der Waals surface area contributed by atoms with Crippen molar-refractivity contribution in [3.63, 3.8) is 0 Å². The fourth-order valence-electron chi connectivity index (χ4n) is 2.43. The average Bonchev–Trinajstić information content (AvgIpc) is 2.90. The van der Waals surface area contributed by atoms with E-state index in [4.69, 9.17) is 0 Å². The summed E-state index contributed by atoms with van der Waals surface area (Å²) in [4.78, 5) is 6.94. The maximum atomic E-state index is 12.9. The number of hydrogen-bond donors (Lipinski definition) is 2. The number of anilines is 1. The van der Waals surface area contributed by atoms with E-state index in [-0.39, 0.29) is 5.82 Å². The Bertz CT molecular complexity index is 777. The topological polar surface area (TPSA) is 40.7 Å². The number of hydrogen-bond acceptors (Lipinski definition) is 2. The van der Waals surface area contributed by atoms with Gasteiger partial charge in [0.05, 0.1) is 5.56 Å². The number of nitrogens with zero attached hydrogens (tertiary/aromatic N) is 1. The molecule has 3 nitrogen and oxygen atoms in total. The van der Waals surface area contributed by atoms with Crippen molar-refractivity contribution in [2.45, 2.75) is 12.6 Å². The van der Waals surface area contributed by atoms with Gasteiger partial charge in [-0.05, 0) is 30.2 Å². The average molecular weight is 305 g/mol. The number of alkyl halides is 3. The number of nitrogens with one attached hydrogen (secondary N) is 2. The van der Waals surface area contributed by atoms with Crippen molar-refractivity contribution in [2.75, 3.05) is 11.9 Å². The summed E-state index contributed by atoms with van der Waals surface area (Å²) >= 11 is 0. The van der Waals surface area contributed by atoms with Crippen molar-refractivity contribution in [3.8, 4) is 0 Å². The lowest BCUT2D eigenvalue weighted by molar-refractivity contribution is -0.137. The predicted octanol–water partition coefficient (Wildman–Crippen LogP) is 4.24. The molecule has 2 heterocycles. The molecular formula is C16H14F3N3. The minimum atomic E-state index is -4.41. The van der Waals surface area contributed by atoms with Gasteiger partial charge in [-0.1, -0.05) is 18.2 Å². The molecule has 3 aromatic rings. The quantitative estimate of drug-likeness (QED) is 0.757. The molecule has 0 saturated heterocycles. The first-order valence-electron chi connectivity index (χ1n) is 6.87. The summed E-state index contributed by atoms with van der Waals surface area (Å²) in [5, 5.41) is 3.86. The number of aromatic nitrogens is 2. The summed E-state index contributed by atoms with van der Waals surface area (Å²) in [5.41, 5.74) is 1.34. The molecular weight excluding hydrogens is 291 g/mol. The molecule has 0 radical (unpaired) electrons. The lowest BCUT2D eigenvalue weighted by Gasteiger charge is -2.12. The predicted molar refractivity (Wildman–Crippen MR) is 79.7 cm³/mol. The van der Waals surface area contributed by atoms with Gasteiger partial charge in [0.1, 0.15) is 5.82 Å². The van der Waals surface area contributed by atoms with Crippen molar-refractivity contribution in [1.29, 1.82) is 0 Å². The molecule has 0 aliphatic rings. The zero-order valence-corrected chi connectivity index (χ0v) is 11.6. The molecule has 6 heteroatoms. The van der Waals surface area contributed by atoms with Crippen molar-refractivity contribution in [3.05, 3.63) is 59.9 Å². The fraction of sp³-hybridized carbons (Fsp3) is 0.188. The van der Waals surface area contributed by atoms with Crippen molar-refractivity contribution < 1.29 is 13.2 Å². The van der Waals surface area contributed by atoms with Crippen LogP contribution >= 0.6 is 0 Å². The Hall–Kier alpha value is -2.50. The van der Waals surface area contributed by atoms with E-state index in [0.29, 0.717) is 13.0 Å². The van der Waals surface area contributed by atoms with Crippen LogP contribution in [0.15, 0.2) is 48.8 Å². The summed E-state index contributed by atoms with van der Waals surface area (Å²) < 4.78 is 38.6. The number of pyridine rings is 1. The van der Waals surface area contributed by atoms with E-state index < -0.39 is 11.7 Å². The van der Waals surface area contributed by atoms with Crippen LogP contribution in [0.5, 0.6) is 0 Å². The first kappa shape index (κ1) is 14.4. The summed E-state index contributed by atoms with van der Waals surface area (Å²) in [7, 11) is 0. The highest BCUT2D eigenvalue weighted by molar-refractivity contribution is 5.83. The number of halogens is 3. The lowest BCUT2D eigenvalue weighted by Crippen LogP contribution is -2.13. The van der Waals surface area contributed by atoms with Crippen LogP contribution in [0.2, 0.25) is 0 Å². The number of H-pyrrole nitrogens is 1. The molecule has 0 saturated carbocycles. The van der Waals surface area contributed by atoms with Gasteiger partial charge in [-0.2, -0.15) is 13.2 Å². The molecule has 2 N–H and O–H groups in total. The third-order valence-electron chi connectivity index (χ3n) is 3.47. The van der Waals surface area contributed by atoms with Gasteiger partial charge in [0.25, 0.3) is 0 Å². The molecule has 3 rings (SSSR count). The second kappa shape index (κ2) is 5.71. The molecule has 2 aromatic heterocycles. The number of rotatable bonds is 4. The summed E-state index contributed by atoms with van der Waals surface area (Å²) in [6.07, 6.45) is -0.562. The Labute approximate surface area is 125 Å². The van der Waals surface area contributed by atoms with Gasteiger partial charge >= 0.3 is 6.18 Å². The maximum absolute atomic E-state index is 12.9. The lowest BCUT2D eigenvalue weighted by atomic mass is 10.1. The second-order valence-electron chi connectivity index (χ2n) is 4.93. The van der Waals surface area contributed by atoms with Crippen LogP contribution in [0.3, 0.4) is 0 Å². The molecule has 0 aliphatic heterocycles. The molecule has 0 fully saturated rings. The van der Waals surface area contributed by atoms with Gasteiger partial charge in [0.15, 0.2) is 0 Å². The largest absolute Gasteiger partial charge is 0.419 e. The van der Waals surface area contributed by atoms with E-state index in [1.54, 1.807) is 0 Å². The first-order chi connectivity index (χ1) is 10.6. The Kier molecular flexibility index (Phi) is 3.75. The third-order valence-corrected chi connectivity index (χ3v) is 3.47. The van der Waals surface area contributed by atoms with Crippen LogP contribution in [0.25, 0.3) is 10.9 Å². The van der Waals surface area contributed by atoms with E-state index in [2.05, 4.69) is 15.3 Å². The van der Waals surface area contributed by atoms with Crippen LogP contribution in [0.4, 0.5) is 19.0 Å². The van der Waals surface area contributed by atoms with E-state index in [9.17, 15) is 13.2 Å². The second-order valence-corrected chi connectivity index (χ2v) is 4.93. The van der Waals surface area contributed by atoms with Gasteiger partial charge in [0, 0.05) is 29.8 Å². The maximum Gasteiger partial charge on any atom is 0.419 e. The normalized spacial score (nSPS) is 11.8. The Balaban J connectivity index is 1.72. The van der Waals surface area contributed by atoms with E-state index >= 15 is 0 Å². The van der Waals surface area contributed by atoms with E-state index in [1.165, 1.54) is 12.3 Å². The molecule has 0 spiro atoms. The molecule has 114 valence electrons. The van der Waals surface area contributed by atoms with Crippen LogP contribution < -0.4 is 5.32 Å². The minimum Gasteiger partial charge on any atom is -0.369 e. The number of benzene rings is 1. The molecule has 1 aromatic carbocycles. The van der Waals surface area contributed by atoms with Crippen LogP contribution in [-0.2, 0) is 12.6 Å². The molecule has 0 bridgehead atoms. The number of aromatic amines is 1. The van der Waals surface area contributed by atoms with E-state index in [0.717, 1.165) is 22.5 Å². The molecule has 0 unspecified atom stereocenters. The van der Waals surface area contributed by atoms with Crippen LogP contribution in [-0.4, -0.2) is 16.5 Å². The molecule has 0 aliphatic carbocycles. The Morgan fingerprint density at radius 3 is 2.73 bits per heavy atom. The molecule has 0 amide bonds. The van der Waals surface area contributed by atoms with Crippen molar-refractivity contribution >= 4 is 16.7 Å². The van der Waals surface area contributed by atoms with Gasteiger partial charge in [0.2, 0.25) is 0 Å². The first-order valence-corrected chi connectivity index (χ1v) is 6.87. The summed E-state index contributed by atoms with van der Waals surface area (Å²) in [5.74, 6) is -0.130. The fourth-order valence-corrected chi connectivity index (χ4v) is 2.43. The summed E-state index contributed by atoms with van der Waals surface area (Å²) in [6, 6.07) is 10.1. The smallest absolute Gasteiger partial charge is 0.369 e. The van der Waals surface area contributed by atoms with Gasteiger partial charge in [-0.3, -0.25) is 0 Å². The zero-order chi connectivity index (χ0) is 15.6. The van der Waals surface area contributed by atoms with Crippen LogP contribution in [0.1, 0.15) is 11.1 Å². The highest BCUT2D eigenvalue weighted by Gasteiger charge is 2.33. The Morgan fingerprint density at radius 2 is 1.91 bits per heavy atom. The monoisotopic (exact) mass is 305 g/mol. The van der Waals surface area contributed by atoms with E-state index in [1.807, 2.05) is 30.5 Å². The summed E-state index contributed by atoms with van der Waals surface area (Å²) in [6.45, 7) is 0.377. The highest BCUT2D eigenvalue weighted by Crippen LogP contribution is 2.33. The highest BCUT2D eigenvalue weighted by atomic mass is 19.4. The van der Waals surface area contributed by atoms with Gasteiger partial charge in [-0.15, -0.1) is 0 Å². The van der Waals surface area contributed by atoms with Gasteiger partial charge < -0.3 is 10.3 Å². The SMILES string of the molecule is FC(F)(F)c1cccnc1NCCc1c[nH]c2ccccc12. The minimum absolute atomic E-state index is 0.130. The van der Waals surface area contributed by atoms with Gasteiger partial charge in [-0.25, -0.2) is 4.98 Å². The number of fused-ring (bicyclic) bond motifs is 1. The number of para-hydroxylation sites is 1. The van der Waals surface area contributed by atoms with Crippen molar-refractivity contribution in [2.24, 2.45) is 0 Å². The molecule has 0 atom stereocenters. The standard InChI is InChI=1S/C16H14F3N3/c17-16(18,19)13-5-3-8-20-15(13)21-9-7-11-10-22-14-6-2-1-4-12(11)14/h1-6,8,10,22H,7,9H2,(H,20,21). The Morgan fingerprint density at radius 1 is 1.09 bits per heavy atom. The van der Waals surface area contributed by atoms with Crippen LogP contribution in [0, 0.1) is 0 Å². The molecule has 22 heavy (non-hydrogen) atoms. The third kappa shape index (κ3) is 2.90. The zero-order valence-electron chi connectivity index (χ0n) is 11.6.